The highest BCUT2D eigenvalue weighted by atomic mass is 35.5. The van der Waals surface area contributed by atoms with Crippen LogP contribution in [0.4, 0.5) is 34.6 Å². The lowest BCUT2D eigenvalue weighted by Crippen LogP contribution is -2.08. The molecule has 0 aliphatic heterocycles. The van der Waals surface area contributed by atoms with Crippen molar-refractivity contribution >= 4 is 111 Å². The molecule has 0 bridgehead atoms. The lowest BCUT2D eigenvalue weighted by Gasteiger charge is -2.15. The quantitative estimate of drug-likeness (QED) is 0.0512. The topological polar surface area (TPSA) is 328 Å². The summed E-state index contributed by atoms with van der Waals surface area (Å²) in [5, 5.41) is 22.9. The molecule has 20 nitrogen and oxygen atoms in total. The zero-order chi connectivity index (χ0) is 39.4. The lowest BCUT2D eigenvalue weighted by molar-refractivity contribution is 0.387. The van der Waals surface area contributed by atoms with E-state index in [4.69, 9.17) is 11.6 Å². The van der Waals surface area contributed by atoms with E-state index in [2.05, 4.69) is 35.8 Å². The third kappa shape index (κ3) is 8.14. The molecule has 54 heavy (non-hydrogen) atoms. The minimum absolute atomic E-state index is 0.0118. The van der Waals surface area contributed by atoms with Crippen molar-refractivity contribution in [3.63, 3.8) is 0 Å². The molecule has 6 rings (SSSR count). The van der Waals surface area contributed by atoms with Gasteiger partial charge in [0, 0.05) is 16.5 Å². The van der Waals surface area contributed by atoms with Crippen molar-refractivity contribution in [1.82, 2.24) is 15.0 Å². The Morgan fingerprint density at radius 3 is 2.04 bits per heavy atom. The van der Waals surface area contributed by atoms with E-state index in [-0.39, 0.29) is 22.3 Å². The average molecular weight is 838 g/mol. The van der Waals surface area contributed by atoms with Crippen molar-refractivity contribution in [2.75, 3.05) is 10.6 Å². The second kappa shape index (κ2) is 13.9. The van der Waals surface area contributed by atoms with Crippen LogP contribution in [0.5, 0.6) is 5.75 Å². The molecular formula is C29H21ClN7O13PS3. The Kier molecular flexibility index (Phi) is 9.91. The van der Waals surface area contributed by atoms with E-state index in [1.54, 1.807) is 6.07 Å². The predicted molar refractivity (Wildman–Crippen MR) is 193 cm³/mol. The van der Waals surface area contributed by atoms with Crippen LogP contribution in [0.15, 0.2) is 104 Å². The van der Waals surface area contributed by atoms with Gasteiger partial charge in [-0.1, -0.05) is 36.4 Å². The van der Waals surface area contributed by atoms with Crippen molar-refractivity contribution in [2.24, 2.45) is 10.2 Å². The van der Waals surface area contributed by atoms with Crippen molar-refractivity contribution in [3.8, 4) is 5.75 Å². The Morgan fingerprint density at radius 2 is 1.39 bits per heavy atom. The minimum atomic E-state index is -5.32. The zero-order valence-electron chi connectivity index (χ0n) is 26.3. The minimum Gasteiger partial charge on any atom is -0.505 e. The maximum atomic E-state index is 12.6. The molecule has 1 aromatic heterocycles. The number of nitrogens with one attached hydrogen (secondary N) is 2. The molecule has 0 unspecified atom stereocenters. The van der Waals surface area contributed by atoms with Gasteiger partial charge in [0.05, 0.1) is 15.9 Å². The van der Waals surface area contributed by atoms with E-state index >= 15 is 0 Å². The van der Waals surface area contributed by atoms with E-state index in [1.807, 2.05) is 0 Å². The van der Waals surface area contributed by atoms with Gasteiger partial charge in [0.1, 0.15) is 21.2 Å². The lowest BCUT2D eigenvalue weighted by atomic mass is 10.1. The van der Waals surface area contributed by atoms with Crippen molar-refractivity contribution in [3.05, 3.63) is 84.1 Å². The van der Waals surface area contributed by atoms with Crippen LogP contribution in [0.2, 0.25) is 5.28 Å². The summed E-state index contributed by atoms with van der Waals surface area (Å²) in [6.45, 7) is 0. The van der Waals surface area contributed by atoms with Gasteiger partial charge in [-0.15, -0.1) is 10.2 Å². The van der Waals surface area contributed by atoms with Crippen LogP contribution in [-0.2, 0) is 34.9 Å². The van der Waals surface area contributed by atoms with Gasteiger partial charge in [-0.2, -0.15) is 40.2 Å². The van der Waals surface area contributed by atoms with Gasteiger partial charge in [-0.05, 0) is 64.8 Å². The first-order valence-electron chi connectivity index (χ1n) is 14.4. The molecule has 0 saturated heterocycles. The molecule has 0 radical (unpaired) electrons. The van der Waals surface area contributed by atoms with Crippen molar-refractivity contribution in [2.45, 2.75) is 14.7 Å². The third-order valence-electron chi connectivity index (χ3n) is 7.37. The molecular weight excluding hydrogens is 817 g/mol. The molecule has 8 N–H and O–H groups in total. The molecule has 0 aliphatic rings. The summed E-state index contributed by atoms with van der Waals surface area (Å²) >= 11 is 6.08. The number of aromatic nitrogens is 3. The van der Waals surface area contributed by atoms with Crippen molar-refractivity contribution in [1.29, 1.82) is 0 Å². The van der Waals surface area contributed by atoms with Gasteiger partial charge in [0.2, 0.25) is 17.2 Å². The van der Waals surface area contributed by atoms with Gasteiger partial charge in [0.15, 0.2) is 5.75 Å². The fourth-order valence-corrected chi connectivity index (χ4v) is 7.95. The summed E-state index contributed by atoms with van der Waals surface area (Å²) in [6, 6.07) is 15.7. The Hall–Kier alpha value is -5.20. The number of azo groups is 1. The Balaban J connectivity index is 1.54. The van der Waals surface area contributed by atoms with Crippen LogP contribution in [0.1, 0.15) is 0 Å². The zero-order valence-corrected chi connectivity index (χ0v) is 30.4. The SMILES string of the molecule is O=P(O)(O)c1cccc(Nc2nc(Cl)nc(Nc3cc(S(=O)(=O)O)cc4cc(S(=O)(=O)O)c(N=Nc5ccc6ccccc6c5S(=O)(=O)O)c(O)c34)n2)c1. The number of benzene rings is 5. The number of rotatable bonds is 10. The summed E-state index contributed by atoms with van der Waals surface area (Å²) in [5.74, 6) is -1.86. The second-order valence-corrected chi connectivity index (χ2v) is 17.1. The van der Waals surface area contributed by atoms with E-state index < -0.39 is 97.5 Å². The molecule has 25 heteroatoms. The maximum Gasteiger partial charge on any atom is 0.356 e. The van der Waals surface area contributed by atoms with Gasteiger partial charge < -0.3 is 25.5 Å². The monoisotopic (exact) mass is 837 g/mol. The summed E-state index contributed by atoms with van der Waals surface area (Å²) in [6.07, 6.45) is 0. The van der Waals surface area contributed by atoms with Crippen LogP contribution in [0, 0.1) is 0 Å². The molecule has 0 amide bonds. The van der Waals surface area contributed by atoms with E-state index in [9.17, 15) is 58.4 Å². The van der Waals surface area contributed by atoms with Crippen LogP contribution in [0.3, 0.4) is 0 Å². The fraction of sp³-hybridized carbons (Fsp3) is 0. The Labute approximate surface area is 308 Å². The van der Waals surface area contributed by atoms with E-state index in [1.165, 1.54) is 42.5 Å². The number of phenols is 1. The molecule has 0 atom stereocenters. The molecule has 0 aliphatic carbocycles. The highest BCUT2D eigenvalue weighted by Crippen LogP contribution is 2.46. The molecule has 280 valence electrons. The van der Waals surface area contributed by atoms with Gasteiger partial charge in [-0.25, -0.2) is 0 Å². The van der Waals surface area contributed by atoms with E-state index in [0.717, 1.165) is 24.3 Å². The summed E-state index contributed by atoms with van der Waals surface area (Å²) in [7, 11) is -20.0. The number of hydrogen-bond donors (Lipinski definition) is 8. The highest BCUT2D eigenvalue weighted by molar-refractivity contribution is 7.86. The highest BCUT2D eigenvalue weighted by Gasteiger charge is 2.27. The standard InChI is InChI=1S/C29H21ClN7O13PS3/c30-27-33-28(31-16-5-3-6-17(12-16)51(39,40)41)35-29(34-27)32-21-13-18(52(42,43)44)10-15-11-22(53(45,46)47)24(25(38)23(15)21)37-36-20-9-8-14-4-1-2-7-19(14)26(20)54(48,49)50/h1-13,38H,(H2,39,40,41)(H,42,43,44)(H,45,46,47)(H,48,49,50)(H2,31,32,33,34,35). The number of fused-ring (bicyclic) bond motifs is 2. The first-order chi connectivity index (χ1) is 25.1. The van der Waals surface area contributed by atoms with E-state index in [0.29, 0.717) is 11.5 Å². The first-order valence-corrected chi connectivity index (χ1v) is 20.7. The first kappa shape index (κ1) is 38.5. The fourth-order valence-electron chi connectivity index (χ4n) is 5.16. The van der Waals surface area contributed by atoms with Crippen LogP contribution < -0.4 is 15.9 Å². The summed E-state index contributed by atoms with van der Waals surface area (Å²) in [4.78, 5) is 28.2. The largest absolute Gasteiger partial charge is 0.505 e. The Bertz CT molecular complexity index is 2970. The number of hydrogen-bond acceptors (Lipinski definition) is 15. The van der Waals surface area contributed by atoms with Crippen LogP contribution in [0.25, 0.3) is 21.5 Å². The number of nitrogens with zero attached hydrogens (tertiary/aromatic N) is 5. The molecule has 5 aromatic carbocycles. The summed E-state index contributed by atoms with van der Waals surface area (Å²) in [5.41, 5.74) is -1.85. The number of halogens is 1. The number of anilines is 4. The normalized spacial score (nSPS) is 12.8. The van der Waals surface area contributed by atoms with Crippen LogP contribution in [-0.4, -0.2) is 68.8 Å². The number of phenolic OH excluding ortho intramolecular Hbond substituents is 1. The molecule has 1 heterocycles. The maximum absolute atomic E-state index is 12.6. The third-order valence-corrected chi connectivity index (χ3v) is 11.1. The van der Waals surface area contributed by atoms with Gasteiger partial charge >= 0.3 is 7.60 Å². The number of aromatic hydroxyl groups is 1. The van der Waals surface area contributed by atoms with Crippen molar-refractivity contribution < 1.29 is 58.4 Å². The summed E-state index contributed by atoms with van der Waals surface area (Å²) < 4.78 is 116. The molecule has 0 spiro atoms. The molecule has 0 fully saturated rings. The molecule has 6 aromatic rings. The predicted octanol–water partition coefficient (Wildman–Crippen LogP) is 4.98. The second-order valence-electron chi connectivity index (χ2n) is 11.0. The van der Waals surface area contributed by atoms with Crippen LogP contribution >= 0.6 is 19.2 Å². The van der Waals surface area contributed by atoms with Gasteiger partial charge in [0.25, 0.3) is 30.4 Å². The average Bonchev–Trinajstić information content (AvgIpc) is 3.05. The Morgan fingerprint density at radius 1 is 0.704 bits per heavy atom. The smallest absolute Gasteiger partial charge is 0.356 e. The molecule has 0 saturated carbocycles. The van der Waals surface area contributed by atoms with Gasteiger partial charge in [-0.3, -0.25) is 18.2 Å².